The fourth-order valence-corrected chi connectivity index (χ4v) is 1.33. The van der Waals surface area contributed by atoms with Gasteiger partial charge in [0.15, 0.2) is 0 Å². The van der Waals surface area contributed by atoms with Gasteiger partial charge in [-0.1, -0.05) is 0 Å². The van der Waals surface area contributed by atoms with Crippen LogP contribution in [0.15, 0.2) is 21.5 Å². The first-order valence-corrected chi connectivity index (χ1v) is 5.39. The van der Waals surface area contributed by atoms with Gasteiger partial charge in [0.05, 0.1) is 23.1 Å². The summed E-state index contributed by atoms with van der Waals surface area (Å²) >= 11 is 2.93. The van der Waals surface area contributed by atoms with E-state index in [9.17, 15) is 18.4 Å². The largest absolute Gasteiger partial charge is 0.346 e. The molecule has 0 unspecified atom stereocenters. The lowest BCUT2D eigenvalue weighted by atomic mass is 10.2. The van der Waals surface area contributed by atoms with Gasteiger partial charge in [-0.25, -0.2) is 8.78 Å². The van der Waals surface area contributed by atoms with Crippen LogP contribution in [0.2, 0.25) is 0 Å². The van der Waals surface area contributed by atoms with Gasteiger partial charge in [0.25, 0.3) is 17.4 Å². The van der Waals surface area contributed by atoms with E-state index in [1.54, 1.807) is 0 Å². The second-order valence-electron chi connectivity index (χ2n) is 3.31. The van der Waals surface area contributed by atoms with Crippen molar-refractivity contribution in [2.24, 2.45) is 5.73 Å². The summed E-state index contributed by atoms with van der Waals surface area (Å²) in [4.78, 5) is 24.7. The maximum Gasteiger partial charge on any atom is 0.277 e. The van der Waals surface area contributed by atoms with Crippen molar-refractivity contribution < 1.29 is 13.6 Å². The molecule has 0 saturated heterocycles. The third kappa shape index (κ3) is 4.71. The third-order valence-electron chi connectivity index (χ3n) is 1.93. The van der Waals surface area contributed by atoms with E-state index in [0.717, 1.165) is 6.20 Å². The Labute approximate surface area is 116 Å². The van der Waals surface area contributed by atoms with E-state index in [2.05, 4.69) is 20.9 Å². The third-order valence-corrected chi connectivity index (χ3v) is 2.52. The number of nitrogens with two attached hydrogens (primary N) is 1. The molecular formula is C9H11BrClF2N3O2. The lowest BCUT2D eigenvalue weighted by Gasteiger charge is -2.14. The minimum Gasteiger partial charge on any atom is -0.346 e. The molecule has 1 rings (SSSR count). The van der Waals surface area contributed by atoms with Crippen molar-refractivity contribution in [3.63, 3.8) is 0 Å². The lowest BCUT2D eigenvalue weighted by molar-refractivity contribution is 0.0118. The molecule has 102 valence electrons. The van der Waals surface area contributed by atoms with Gasteiger partial charge in [0.1, 0.15) is 0 Å². The average Bonchev–Trinajstić information content (AvgIpc) is 2.30. The molecule has 0 aliphatic heterocycles. The first-order chi connectivity index (χ1) is 7.85. The number of aromatic amines is 1. The summed E-state index contributed by atoms with van der Waals surface area (Å²) in [6.07, 6.45) is 1.14. The van der Waals surface area contributed by atoms with Crippen molar-refractivity contribution in [1.82, 2.24) is 10.3 Å². The van der Waals surface area contributed by atoms with Crippen molar-refractivity contribution in [1.29, 1.82) is 0 Å². The molecule has 1 aromatic heterocycles. The average molecular weight is 347 g/mol. The Hall–Kier alpha value is -0.990. The van der Waals surface area contributed by atoms with Crippen molar-refractivity contribution in [2.45, 2.75) is 5.92 Å². The molecule has 9 heteroatoms. The standard InChI is InChI=1S/C9H10BrF2N3O2.ClH/c10-6-1-5(2-14-8(6)17)7(16)15-4-9(11,12)3-13;/h1-2H,3-4,13H2,(H,14,17)(H,15,16);1H. The number of hydrogen-bond acceptors (Lipinski definition) is 3. The highest BCUT2D eigenvalue weighted by molar-refractivity contribution is 9.10. The van der Waals surface area contributed by atoms with Gasteiger partial charge >= 0.3 is 0 Å². The van der Waals surface area contributed by atoms with Crippen LogP contribution in [0.25, 0.3) is 0 Å². The highest BCUT2D eigenvalue weighted by Gasteiger charge is 2.27. The number of carbonyl (C=O) groups excluding carboxylic acids is 1. The van der Waals surface area contributed by atoms with E-state index < -0.39 is 30.5 Å². The summed E-state index contributed by atoms with van der Waals surface area (Å²) in [5, 5.41) is 2.03. The number of aromatic nitrogens is 1. The Morgan fingerprint density at radius 3 is 2.67 bits per heavy atom. The molecule has 18 heavy (non-hydrogen) atoms. The van der Waals surface area contributed by atoms with Gasteiger partial charge < -0.3 is 16.0 Å². The number of alkyl halides is 2. The smallest absolute Gasteiger partial charge is 0.277 e. The molecule has 0 aliphatic rings. The van der Waals surface area contributed by atoms with Crippen LogP contribution in [0, 0.1) is 0 Å². The predicted octanol–water partition coefficient (Wildman–Crippen LogP) is 0.883. The van der Waals surface area contributed by atoms with Gasteiger partial charge in [-0.05, 0) is 22.0 Å². The van der Waals surface area contributed by atoms with Gasteiger partial charge in [0, 0.05) is 6.20 Å². The van der Waals surface area contributed by atoms with Crippen molar-refractivity contribution in [3.05, 3.63) is 32.7 Å². The second kappa shape index (κ2) is 6.81. The molecule has 0 aromatic carbocycles. The molecular weight excluding hydrogens is 335 g/mol. The second-order valence-corrected chi connectivity index (χ2v) is 4.16. The first-order valence-electron chi connectivity index (χ1n) is 4.60. The number of amides is 1. The van der Waals surface area contributed by atoms with E-state index in [4.69, 9.17) is 5.73 Å². The van der Waals surface area contributed by atoms with E-state index in [-0.39, 0.29) is 22.4 Å². The highest BCUT2D eigenvalue weighted by atomic mass is 79.9. The predicted molar refractivity (Wildman–Crippen MR) is 68.3 cm³/mol. The van der Waals surface area contributed by atoms with Gasteiger partial charge in [-0.15, -0.1) is 12.4 Å². The molecule has 0 radical (unpaired) electrons. The van der Waals surface area contributed by atoms with Crippen molar-refractivity contribution in [2.75, 3.05) is 13.1 Å². The first kappa shape index (κ1) is 17.0. The summed E-state index contributed by atoms with van der Waals surface area (Å²) in [5.74, 6) is -3.86. The maximum absolute atomic E-state index is 12.8. The van der Waals surface area contributed by atoms with Crippen LogP contribution in [-0.4, -0.2) is 29.9 Å². The van der Waals surface area contributed by atoms with Crippen LogP contribution in [-0.2, 0) is 0 Å². The fourth-order valence-electron chi connectivity index (χ4n) is 0.971. The normalized spacial score (nSPS) is 10.7. The van der Waals surface area contributed by atoms with Crippen LogP contribution in [0.1, 0.15) is 10.4 Å². The number of H-pyrrole nitrogens is 1. The maximum atomic E-state index is 12.8. The van der Waals surface area contributed by atoms with Crippen molar-refractivity contribution in [3.8, 4) is 0 Å². The Kier molecular flexibility index (Phi) is 6.44. The summed E-state index contributed by atoms with van der Waals surface area (Å²) in [7, 11) is 0. The Bertz CT molecular complexity index is 481. The van der Waals surface area contributed by atoms with Crippen molar-refractivity contribution >= 4 is 34.2 Å². The van der Waals surface area contributed by atoms with Crippen LogP contribution in [0.5, 0.6) is 0 Å². The summed E-state index contributed by atoms with van der Waals surface area (Å²) in [6, 6.07) is 1.24. The topological polar surface area (TPSA) is 88.0 Å². The molecule has 0 bridgehead atoms. The zero-order valence-electron chi connectivity index (χ0n) is 9.00. The van der Waals surface area contributed by atoms with Crippen LogP contribution in [0.4, 0.5) is 8.78 Å². The highest BCUT2D eigenvalue weighted by Crippen LogP contribution is 2.10. The summed E-state index contributed by atoms with van der Waals surface area (Å²) < 4.78 is 25.7. The summed E-state index contributed by atoms with van der Waals surface area (Å²) in [6.45, 7) is -1.69. The number of hydrogen-bond donors (Lipinski definition) is 3. The molecule has 1 amide bonds. The number of carbonyl (C=O) groups is 1. The number of rotatable bonds is 4. The molecule has 0 spiro atoms. The lowest BCUT2D eigenvalue weighted by Crippen LogP contribution is -2.41. The van der Waals surface area contributed by atoms with E-state index in [0.29, 0.717) is 0 Å². The minimum atomic E-state index is -3.14. The minimum absolute atomic E-state index is 0. The molecule has 0 aliphatic carbocycles. The number of halogens is 4. The SMILES string of the molecule is Cl.NCC(F)(F)CNC(=O)c1c[nH]c(=O)c(Br)c1. The fraction of sp³-hybridized carbons (Fsp3) is 0.333. The molecule has 4 N–H and O–H groups in total. The number of nitrogens with one attached hydrogen (secondary N) is 2. The van der Waals surface area contributed by atoms with E-state index in [1.165, 1.54) is 6.07 Å². The Balaban J connectivity index is 0.00000289. The monoisotopic (exact) mass is 345 g/mol. The van der Waals surface area contributed by atoms with E-state index >= 15 is 0 Å². The zero-order valence-corrected chi connectivity index (χ0v) is 11.4. The molecule has 0 fully saturated rings. The van der Waals surface area contributed by atoms with Gasteiger partial charge in [0.2, 0.25) is 0 Å². The van der Waals surface area contributed by atoms with Crippen LogP contribution >= 0.6 is 28.3 Å². The quantitative estimate of drug-likeness (QED) is 0.756. The van der Waals surface area contributed by atoms with Crippen LogP contribution < -0.4 is 16.6 Å². The molecule has 0 atom stereocenters. The Morgan fingerprint density at radius 2 is 2.17 bits per heavy atom. The molecule has 1 heterocycles. The molecule has 1 aromatic rings. The van der Waals surface area contributed by atoms with Gasteiger partial charge in [-0.3, -0.25) is 9.59 Å². The van der Waals surface area contributed by atoms with Gasteiger partial charge in [-0.2, -0.15) is 0 Å². The number of pyridine rings is 1. The van der Waals surface area contributed by atoms with E-state index in [1.807, 2.05) is 5.32 Å². The Morgan fingerprint density at radius 1 is 1.56 bits per heavy atom. The zero-order chi connectivity index (χ0) is 13.1. The van der Waals surface area contributed by atoms with Crippen LogP contribution in [0.3, 0.4) is 0 Å². The molecule has 0 saturated carbocycles. The molecule has 5 nitrogen and oxygen atoms in total. The summed E-state index contributed by atoms with van der Waals surface area (Å²) in [5.41, 5.74) is 4.48.